The second kappa shape index (κ2) is 16.6. The van der Waals surface area contributed by atoms with Crippen LogP contribution in [-0.2, 0) is 8.85 Å². The molecule has 0 aromatic heterocycles. The smallest absolute Gasteiger partial charge is 0.337 e. The molecule has 24 heavy (non-hydrogen) atoms. The lowest BCUT2D eigenvalue weighted by Crippen LogP contribution is -2.43. The molecule has 0 radical (unpaired) electrons. The van der Waals surface area contributed by atoms with Crippen LogP contribution in [-0.4, -0.2) is 21.3 Å². The fourth-order valence-corrected chi connectivity index (χ4v) is 5.92. The van der Waals surface area contributed by atoms with Gasteiger partial charge in [-0.15, -0.1) is 0 Å². The maximum absolute atomic E-state index is 6.44. The third kappa shape index (κ3) is 12.5. The highest BCUT2D eigenvalue weighted by Crippen LogP contribution is 2.23. The second-order valence-corrected chi connectivity index (χ2v) is 11.1. The van der Waals surface area contributed by atoms with Crippen molar-refractivity contribution in [3.8, 4) is 0 Å². The van der Waals surface area contributed by atoms with Crippen molar-refractivity contribution in [1.82, 2.24) is 0 Å². The molecule has 0 aliphatic heterocycles. The van der Waals surface area contributed by atoms with E-state index >= 15 is 0 Å². The quantitative estimate of drug-likeness (QED) is 0.185. The van der Waals surface area contributed by atoms with Gasteiger partial charge in [0.25, 0.3) is 0 Å². The molecule has 2 nitrogen and oxygen atoms in total. The van der Waals surface area contributed by atoms with Crippen LogP contribution in [0.25, 0.3) is 0 Å². The Hall–Kier alpha value is 0.137. The van der Waals surface area contributed by atoms with E-state index in [1.165, 1.54) is 77.0 Å². The minimum absolute atomic E-state index is 0.361. The highest BCUT2D eigenvalue weighted by molar-refractivity contribution is 6.67. The Morgan fingerprint density at radius 2 is 1.17 bits per heavy atom. The van der Waals surface area contributed by atoms with Crippen LogP contribution in [0.5, 0.6) is 0 Å². The van der Waals surface area contributed by atoms with Crippen LogP contribution in [0.15, 0.2) is 0 Å². The van der Waals surface area contributed by atoms with E-state index in [0.29, 0.717) is 6.10 Å². The first-order valence-corrected chi connectivity index (χ1v) is 13.2. The second-order valence-electron chi connectivity index (χ2n) is 7.37. The van der Waals surface area contributed by atoms with E-state index in [-0.39, 0.29) is 0 Å². The molecule has 146 valence electrons. The van der Waals surface area contributed by atoms with Gasteiger partial charge in [0.2, 0.25) is 0 Å². The Labute approximate surface area is 154 Å². The molecular formula is C21H46O2Si. The summed E-state index contributed by atoms with van der Waals surface area (Å²) in [6.45, 7) is 12.2. The van der Waals surface area contributed by atoms with Gasteiger partial charge in [-0.1, -0.05) is 91.9 Å². The van der Waals surface area contributed by atoms with E-state index in [1.54, 1.807) is 0 Å². The Kier molecular flexibility index (Phi) is 16.7. The van der Waals surface area contributed by atoms with Crippen molar-refractivity contribution < 1.29 is 8.85 Å². The van der Waals surface area contributed by atoms with Crippen molar-refractivity contribution in [2.75, 3.05) is 6.61 Å². The van der Waals surface area contributed by atoms with Crippen molar-refractivity contribution in [3.05, 3.63) is 0 Å². The van der Waals surface area contributed by atoms with Crippen LogP contribution in [0.3, 0.4) is 0 Å². The fourth-order valence-electron chi connectivity index (χ4n) is 3.24. The molecule has 0 N–H and O–H groups in total. The van der Waals surface area contributed by atoms with Crippen molar-refractivity contribution in [1.29, 1.82) is 0 Å². The zero-order chi connectivity index (χ0) is 18.1. The Morgan fingerprint density at radius 3 is 1.67 bits per heavy atom. The maximum atomic E-state index is 6.44. The van der Waals surface area contributed by atoms with Gasteiger partial charge in [0, 0.05) is 12.7 Å². The topological polar surface area (TPSA) is 18.5 Å². The summed E-state index contributed by atoms with van der Waals surface area (Å²) in [4.78, 5) is 0. The molecule has 0 saturated heterocycles. The first-order chi connectivity index (χ1) is 11.6. The average molecular weight is 359 g/mol. The first kappa shape index (κ1) is 24.1. The summed E-state index contributed by atoms with van der Waals surface area (Å²) in [6, 6.07) is 2.16. The Balaban J connectivity index is 3.80. The molecule has 0 spiro atoms. The molecule has 0 aliphatic carbocycles. The van der Waals surface area contributed by atoms with Gasteiger partial charge in [0.1, 0.15) is 0 Å². The van der Waals surface area contributed by atoms with E-state index < -0.39 is 8.56 Å². The molecule has 0 aromatic rings. The minimum Gasteiger partial charge on any atom is -0.394 e. The monoisotopic (exact) mass is 358 g/mol. The molecule has 0 saturated carbocycles. The van der Waals surface area contributed by atoms with Crippen LogP contribution < -0.4 is 0 Å². The first-order valence-electron chi connectivity index (χ1n) is 11.0. The minimum atomic E-state index is -1.95. The summed E-state index contributed by atoms with van der Waals surface area (Å²) in [5, 5.41) is 0. The van der Waals surface area contributed by atoms with Crippen molar-refractivity contribution in [2.24, 2.45) is 0 Å². The predicted octanol–water partition coefficient (Wildman–Crippen LogP) is 7.61. The normalized spacial score (nSPS) is 13.4. The molecular weight excluding hydrogens is 312 g/mol. The molecule has 0 bridgehead atoms. The molecule has 3 heteroatoms. The van der Waals surface area contributed by atoms with Gasteiger partial charge in [0.15, 0.2) is 0 Å². The van der Waals surface area contributed by atoms with Gasteiger partial charge >= 0.3 is 8.56 Å². The van der Waals surface area contributed by atoms with Gasteiger partial charge in [-0.3, -0.25) is 0 Å². The SMILES string of the molecule is CCCCCCCCCCCO[Si](CC)(CC)OC(C)CCCC. The van der Waals surface area contributed by atoms with Gasteiger partial charge in [0.05, 0.1) is 0 Å². The fraction of sp³-hybridized carbons (Fsp3) is 1.00. The molecule has 0 heterocycles. The van der Waals surface area contributed by atoms with Crippen LogP contribution in [0.1, 0.15) is 112 Å². The Morgan fingerprint density at radius 1 is 0.667 bits per heavy atom. The van der Waals surface area contributed by atoms with Crippen molar-refractivity contribution >= 4 is 8.56 Å². The lowest BCUT2D eigenvalue weighted by Gasteiger charge is -2.32. The number of hydrogen-bond donors (Lipinski definition) is 0. The molecule has 0 aromatic carbocycles. The van der Waals surface area contributed by atoms with E-state index in [9.17, 15) is 0 Å². The summed E-state index contributed by atoms with van der Waals surface area (Å²) < 4.78 is 12.8. The van der Waals surface area contributed by atoms with Crippen LogP contribution in [0, 0.1) is 0 Å². The van der Waals surface area contributed by atoms with Crippen LogP contribution >= 0.6 is 0 Å². The summed E-state index contributed by atoms with van der Waals surface area (Å²) in [5.41, 5.74) is 0. The summed E-state index contributed by atoms with van der Waals surface area (Å²) in [6.07, 6.45) is 16.4. The van der Waals surface area contributed by atoms with Gasteiger partial charge < -0.3 is 8.85 Å². The number of hydrogen-bond acceptors (Lipinski definition) is 2. The van der Waals surface area contributed by atoms with E-state index in [4.69, 9.17) is 8.85 Å². The van der Waals surface area contributed by atoms with Crippen LogP contribution in [0.2, 0.25) is 12.1 Å². The maximum Gasteiger partial charge on any atom is 0.337 e. The third-order valence-corrected chi connectivity index (χ3v) is 8.79. The van der Waals surface area contributed by atoms with E-state index in [1.807, 2.05) is 0 Å². The number of rotatable bonds is 18. The largest absolute Gasteiger partial charge is 0.394 e. The Bertz CT molecular complexity index is 254. The molecule has 0 rings (SSSR count). The average Bonchev–Trinajstić information content (AvgIpc) is 2.60. The van der Waals surface area contributed by atoms with Crippen molar-refractivity contribution in [3.63, 3.8) is 0 Å². The van der Waals surface area contributed by atoms with Gasteiger partial charge in [-0.25, -0.2) is 0 Å². The zero-order valence-corrected chi connectivity index (χ0v) is 18.5. The van der Waals surface area contributed by atoms with Crippen LogP contribution in [0.4, 0.5) is 0 Å². The predicted molar refractivity (Wildman–Crippen MR) is 110 cm³/mol. The highest BCUT2D eigenvalue weighted by Gasteiger charge is 2.35. The molecule has 0 amide bonds. The van der Waals surface area contributed by atoms with Crippen molar-refractivity contribution in [2.45, 2.75) is 130 Å². The third-order valence-electron chi connectivity index (χ3n) is 5.07. The lowest BCUT2D eigenvalue weighted by molar-refractivity contribution is 0.114. The molecule has 0 aliphatic rings. The number of unbranched alkanes of at least 4 members (excludes halogenated alkanes) is 9. The zero-order valence-electron chi connectivity index (χ0n) is 17.5. The standard InChI is InChI=1S/C21H46O2Si/c1-6-10-12-13-14-15-16-17-18-20-22-24(8-3,9-4)23-21(5)19-11-7-2/h21H,6-20H2,1-5H3. The van der Waals surface area contributed by atoms with Gasteiger partial charge in [-0.05, 0) is 31.9 Å². The summed E-state index contributed by atoms with van der Waals surface area (Å²) >= 11 is 0. The summed E-state index contributed by atoms with van der Waals surface area (Å²) in [7, 11) is -1.95. The van der Waals surface area contributed by atoms with E-state index in [0.717, 1.165) is 18.7 Å². The van der Waals surface area contributed by atoms with Gasteiger partial charge in [-0.2, -0.15) is 0 Å². The highest BCUT2D eigenvalue weighted by atomic mass is 28.4. The molecule has 0 fully saturated rings. The lowest BCUT2D eigenvalue weighted by atomic mass is 10.1. The molecule has 1 atom stereocenters. The molecule has 1 unspecified atom stereocenters. The summed E-state index contributed by atoms with van der Waals surface area (Å²) in [5.74, 6) is 0. The van der Waals surface area contributed by atoms with E-state index in [2.05, 4.69) is 34.6 Å².